The minimum atomic E-state index is 0.663. The second-order valence-electron chi connectivity index (χ2n) is 13.9. The van der Waals surface area contributed by atoms with Crippen molar-refractivity contribution in [2.24, 2.45) is 5.92 Å². The van der Waals surface area contributed by atoms with Gasteiger partial charge in [0.1, 0.15) is 11.2 Å². The number of furan rings is 1. The molecule has 0 radical (unpaired) electrons. The predicted molar refractivity (Wildman–Crippen MR) is 211 cm³/mol. The van der Waals surface area contributed by atoms with Gasteiger partial charge in [-0.25, -0.2) is 9.97 Å². The molecule has 3 aliphatic rings. The van der Waals surface area contributed by atoms with Crippen LogP contribution in [0.15, 0.2) is 156 Å². The molecule has 0 saturated carbocycles. The molecule has 0 N–H and O–H groups in total. The molecule has 3 aliphatic carbocycles. The van der Waals surface area contributed by atoms with Gasteiger partial charge in [0.05, 0.1) is 22.8 Å². The fourth-order valence-corrected chi connectivity index (χ4v) is 8.10. The van der Waals surface area contributed by atoms with Crippen LogP contribution in [-0.2, 0) is 6.42 Å². The van der Waals surface area contributed by atoms with Gasteiger partial charge in [-0.2, -0.15) is 0 Å². The highest BCUT2D eigenvalue weighted by atomic mass is 16.3. The summed E-state index contributed by atoms with van der Waals surface area (Å²) in [4.78, 5) is 10.7. The first-order chi connectivity index (χ1) is 25.2. The van der Waals surface area contributed by atoms with Gasteiger partial charge < -0.3 is 4.42 Å². The molecule has 3 nitrogen and oxygen atoms in total. The third-order valence-electron chi connectivity index (χ3n) is 10.8. The average molecular weight is 657 g/mol. The van der Waals surface area contributed by atoms with Crippen molar-refractivity contribution in [1.82, 2.24) is 9.97 Å². The van der Waals surface area contributed by atoms with Crippen LogP contribution in [0.1, 0.15) is 42.6 Å². The second-order valence-corrected chi connectivity index (χ2v) is 13.9. The summed E-state index contributed by atoms with van der Waals surface area (Å²) in [5, 5.41) is 2.23. The van der Waals surface area contributed by atoms with E-state index in [1.807, 2.05) is 6.07 Å². The second kappa shape index (κ2) is 12.4. The van der Waals surface area contributed by atoms with Crippen molar-refractivity contribution in [3.05, 3.63) is 168 Å². The zero-order valence-electron chi connectivity index (χ0n) is 28.3. The van der Waals surface area contributed by atoms with Gasteiger partial charge in [0, 0.05) is 21.9 Å². The SMILES string of the molecule is C1=Cc2nc(-c3cc(-c4ccc(C5=CCC6CCC=CC6=C5)cc4)c4c(c3)oc3ccccc34)c(-c3cccc(-c4ccccc4)c3)nc2CC1. The minimum Gasteiger partial charge on any atom is -0.456 e. The van der Waals surface area contributed by atoms with E-state index in [4.69, 9.17) is 14.4 Å². The Morgan fingerprint density at radius 3 is 2.29 bits per heavy atom. The number of fused-ring (bicyclic) bond motifs is 5. The van der Waals surface area contributed by atoms with Gasteiger partial charge in [0.2, 0.25) is 0 Å². The zero-order valence-corrected chi connectivity index (χ0v) is 28.3. The van der Waals surface area contributed by atoms with Crippen molar-refractivity contribution in [3.63, 3.8) is 0 Å². The molecule has 0 saturated heterocycles. The standard InChI is InChI=1S/C48H36N2O/c1-2-11-31(12-3-1)36-15-10-16-38(28-36)47-48(50-43-19-8-7-18-42(43)49-47)39-29-41(46-40-17-6-9-20-44(40)51-45(46)30-39)34-24-21-33(22-25-34)37-26-23-32-13-4-5-14-35(32)27-37/h1-3,5-6,8-12,14-17,19-22,24-30,32H,4,7,13,18,23H2. The Morgan fingerprint density at radius 2 is 1.37 bits per heavy atom. The van der Waals surface area contributed by atoms with Crippen LogP contribution in [-0.4, -0.2) is 9.97 Å². The number of para-hydroxylation sites is 1. The molecule has 5 aromatic carbocycles. The number of aromatic nitrogens is 2. The van der Waals surface area contributed by atoms with E-state index in [-0.39, 0.29) is 0 Å². The predicted octanol–water partition coefficient (Wildman–Crippen LogP) is 12.7. The summed E-state index contributed by atoms with van der Waals surface area (Å²) < 4.78 is 6.60. The Bertz CT molecular complexity index is 2600. The Hall–Kier alpha value is -6.06. The Balaban J connectivity index is 1.15. The molecule has 2 heterocycles. The van der Waals surface area contributed by atoms with Crippen molar-refractivity contribution in [3.8, 4) is 44.8 Å². The number of benzene rings is 5. The van der Waals surface area contributed by atoms with E-state index in [0.717, 1.165) is 91.8 Å². The Kier molecular flexibility index (Phi) is 7.23. The number of rotatable bonds is 5. The number of nitrogens with zero attached hydrogens (tertiary/aromatic N) is 2. The lowest BCUT2D eigenvalue weighted by Gasteiger charge is -2.24. The third-order valence-corrected chi connectivity index (χ3v) is 10.8. The molecule has 2 aromatic heterocycles. The summed E-state index contributed by atoms with van der Waals surface area (Å²) >= 11 is 0. The third kappa shape index (κ3) is 5.37. The lowest BCUT2D eigenvalue weighted by molar-refractivity contribution is 0.567. The smallest absolute Gasteiger partial charge is 0.136 e. The fraction of sp³-hybridized carbons (Fsp3) is 0.125. The van der Waals surface area contributed by atoms with Crippen LogP contribution >= 0.6 is 0 Å². The van der Waals surface area contributed by atoms with Crippen molar-refractivity contribution in [2.75, 3.05) is 0 Å². The molecular formula is C48H36N2O. The van der Waals surface area contributed by atoms with Crippen molar-refractivity contribution in [2.45, 2.75) is 32.1 Å². The number of hydrogen-bond donors (Lipinski definition) is 0. The number of aryl methyl sites for hydroxylation is 1. The Morgan fingerprint density at radius 1 is 0.588 bits per heavy atom. The van der Waals surface area contributed by atoms with E-state index < -0.39 is 0 Å². The molecule has 3 heteroatoms. The van der Waals surface area contributed by atoms with Crippen LogP contribution in [0, 0.1) is 5.92 Å². The molecular weight excluding hydrogens is 621 g/mol. The van der Waals surface area contributed by atoms with Crippen molar-refractivity contribution < 1.29 is 4.42 Å². The molecule has 0 aliphatic heterocycles. The summed E-state index contributed by atoms with van der Waals surface area (Å²) in [6.45, 7) is 0. The van der Waals surface area contributed by atoms with Gasteiger partial charge in [-0.1, -0.05) is 121 Å². The van der Waals surface area contributed by atoms with Gasteiger partial charge >= 0.3 is 0 Å². The highest BCUT2D eigenvalue weighted by Gasteiger charge is 2.22. The van der Waals surface area contributed by atoms with Gasteiger partial charge in [-0.3, -0.25) is 0 Å². The largest absolute Gasteiger partial charge is 0.456 e. The molecule has 1 atom stereocenters. The highest BCUT2D eigenvalue weighted by Crippen LogP contribution is 2.43. The summed E-state index contributed by atoms with van der Waals surface area (Å²) in [6.07, 6.45) is 19.2. The molecule has 1 unspecified atom stereocenters. The normalized spacial score (nSPS) is 16.5. The molecule has 7 aromatic rings. The zero-order chi connectivity index (χ0) is 33.7. The van der Waals surface area contributed by atoms with Gasteiger partial charge in [-0.05, 0) is 107 Å². The van der Waals surface area contributed by atoms with Crippen LogP contribution in [0.25, 0.3) is 78.4 Å². The molecule has 244 valence electrons. The molecule has 0 amide bonds. The van der Waals surface area contributed by atoms with Gasteiger partial charge in [0.25, 0.3) is 0 Å². The summed E-state index contributed by atoms with van der Waals surface area (Å²) in [7, 11) is 0. The van der Waals surface area contributed by atoms with E-state index in [0.29, 0.717) is 5.92 Å². The minimum absolute atomic E-state index is 0.663. The maximum atomic E-state index is 6.60. The summed E-state index contributed by atoms with van der Waals surface area (Å²) in [6, 6.07) is 41.1. The van der Waals surface area contributed by atoms with E-state index in [1.165, 1.54) is 35.1 Å². The molecule has 0 spiro atoms. The maximum Gasteiger partial charge on any atom is 0.136 e. The van der Waals surface area contributed by atoms with E-state index in [1.54, 1.807) is 0 Å². The first-order valence-electron chi connectivity index (χ1n) is 18.1. The van der Waals surface area contributed by atoms with E-state index >= 15 is 0 Å². The number of allylic oxidation sites excluding steroid dienone is 7. The summed E-state index contributed by atoms with van der Waals surface area (Å²) in [5.41, 5.74) is 16.2. The average Bonchev–Trinajstić information content (AvgIpc) is 3.59. The first-order valence-corrected chi connectivity index (χ1v) is 18.1. The summed E-state index contributed by atoms with van der Waals surface area (Å²) in [5.74, 6) is 0.663. The molecule has 0 bridgehead atoms. The highest BCUT2D eigenvalue weighted by molar-refractivity contribution is 6.14. The van der Waals surface area contributed by atoms with Crippen LogP contribution in [0.2, 0.25) is 0 Å². The van der Waals surface area contributed by atoms with Gasteiger partial charge in [-0.15, -0.1) is 0 Å². The van der Waals surface area contributed by atoms with Crippen LogP contribution in [0.5, 0.6) is 0 Å². The fourth-order valence-electron chi connectivity index (χ4n) is 8.10. The lowest BCUT2D eigenvalue weighted by atomic mass is 9.81. The number of hydrogen-bond acceptors (Lipinski definition) is 3. The van der Waals surface area contributed by atoms with Crippen molar-refractivity contribution >= 4 is 33.6 Å². The topological polar surface area (TPSA) is 38.9 Å². The van der Waals surface area contributed by atoms with Crippen LogP contribution in [0.4, 0.5) is 0 Å². The monoisotopic (exact) mass is 656 g/mol. The quantitative estimate of drug-likeness (QED) is 0.185. The van der Waals surface area contributed by atoms with Gasteiger partial charge in [0.15, 0.2) is 0 Å². The maximum absolute atomic E-state index is 6.60. The first kappa shape index (κ1) is 29.8. The van der Waals surface area contributed by atoms with Crippen molar-refractivity contribution in [1.29, 1.82) is 0 Å². The Labute approximate surface area is 298 Å². The molecule has 0 fully saturated rings. The van der Waals surface area contributed by atoms with Crippen LogP contribution < -0.4 is 0 Å². The van der Waals surface area contributed by atoms with E-state index in [9.17, 15) is 0 Å². The van der Waals surface area contributed by atoms with Crippen LogP contribution in [0.3, 0.4) is 0 Å². The lowest BCUT2D eigenvalue weighted by Crippen LogP contribution is -2.08. The molecule has 51 heavy (non-hydrogen) atoms. The van der Waals surface area contributed by atoms with E-state index in [2.05, 4.69) is 146 Å². The molecule has 10 rings (SSSR count).